The SMILES string of the molecule is CC(C)CC(NC(=O)C(CN)C(C)C)C(=O)O. The minimum Gasteiger partial charge on any atom is -0.480 e. The van der Waals surface area contributed by atoms with Crippen molar-refractivity contribution in [2.45, 2.75) is 40.2 Å². The van der Waals surface area contributed by atoms with Crippen LogP contribution in [0.15, 0.2) is 0 Å². The lowest BCUT2D eigenvalue weighted by Crippen LogP contribution is -2.47. The monoisotopic (exact) mass is 244 g/mol. The fourth-order valence-corrected chi connectivity index (χ4v) is 1.65. The highest BCUT2D eigenvalue weighted by Crippen LogP contribution is 2.11. The van der Waals surface area contributed by atoms with Crippen molar-refractivity contribution in [1.82, 2.24) is 5.32 Å². The number of aliphatic carboxylic acids is 1. The quantitative estimate of drug-likeness (QED) is 0.618. The van der Waals surface area contributed by atoms with E-state index >= 15 is 0 Å². The van der Waals surface area contributed by atoms with Crippen molar-refractivity contribution in [2.75, 3.05) is 6.54 Å². The average molecular weight is 244 g/mol. The number of carboxylic acid groups (broad SMARTS) is 1. The molecule has 0 aliphatic heterocycles. The number of hydrogen-bond acceptors (Lipinski definition) is 3. The van der Waals surface area contributed by atoms with Gasteiger partial charge in [0, 0.05) is 6.54 Å². The normalized spacial score (nSPS) is 14.8. The summed E-state index contributed by atoms with van der Waals surface area (Å²) in [7, 11) is 0. The van der Waals surface area contributed by atoms with Crippen LogP contribution < -0.4 is 11.1 Å². The highest BCUT2D eigenvalue weighted by atomic mass is 16.4. The fourth-order valence-electron chi connectivity index (χ4n) is 1.65. The molecule has 1 amide bonds. The second-order valence-corrected chi connectivity index (χ2v) is 5.12. The van der Waals surface area contributed by atoms with Gasteiger partial charge in [-0.1, -0.05) is 27.7 Å². The van der Waals surface area contributed by atoms with Gasteiger partial charge >= 0.3 is 5.97 Å². The summed E-state index contributed by atoms with van der Waals surface area (Å²) in [5.74, 6) is -1.27. The molecule has 5 nitrogen and oxygen atoms in total. The van der Waals surface area contributed by atoms with Gasteiger partial charge in [0.1, 0.15) is 6.04 Å². The van der Waals surface area contributed by atoms with Crippen molar-refractivity contribution < 1.29 is 14.7 Å². The van der Waals surface area contributed by atoms with Gasteiger partial charge in [-0.2, -0.15) is 0 Å². The van der Waals surface area contributed by atoms with Crippen LogP contribution in [0.25, 0.3) is 0 Å². The zero-order valence-corrected chi connectivity index (χ0v) is 11.1. The van der Waals surface area contributed by atoms with Crippen molar-refractivity contribution in [3.8, 4) is 0 Å². The van der Waals surface area contributed by atoms with E-state index in [2.05, 4.69) is 5.32 Å². The molecule has 0 saturated heterocycles. The maximum atomic E-state index is 11.9. The summed E-state index contributed by atoms with van der Waals surface area (Å²) in [6, 6.07) is -0.824. The summed E-state index contributed by atoms with van der Waals surface area (Å²) in [5, 5.41) is 11.6. The van der Waals surface area contributed by atoms with E-state index in [1.54, 1.807) is 0 Å². The van der Waals surface area contributed by atoms with E-state index in [9.17, 15) is 9.59 Å². The molecule has 0 fully saturated rings. The standard InChI is InChI=1S/C12H24N2O3/c1-7(2)5-10(12(16)17)14-11(15)9(6-13)8(3)4/h7-10H,5-6,13H2,1-4H3,(H,14,15)(H,16,17). The Kier molecular flexibility index (Phi) is 6.80. The molecule has 4 N–H and O–H groups in total. The second-order valence-electron chi connectivity index (χ2n) is 5.12. The molecule has 0 rings (SSSR count). The first-order valence-electron chi connectivity index (χ1n) is 6.02. The van der Waals surface area contributed by atoms with Crippen molar-refractivity contribution >= 4 is 11.9 Å². The molecule has 100 valence electrons. The molecular weight excluding hydrogens is 220 g/mol. The Morgan fingerprint density at radius 3 is 2.06 bits per heavy atom. The van der Waals surface area contributed by atoms with E-state index < -0.39 is 12.0 Å². The number of carbonyl (C=O) groups is 2. The number of nitrogens with one attached hydrogen (secondary N) is 1. The Bertz CT molecular complexity index is 264. The van der Waals surface area contributed by atoms with E-state index in [0.717, 1.165) is 0 Å². The summed E-state index contributed by atoms with van der Waals surface area (Å²) in [6.07, 6.45) is 0.427. The molecule has 0 aromatic carbocycles. The lowest BCUT2D eigenvalue weighted by molar-refractivity contribution is -0.143. The van der Waals surface area contributed by atoms with E-state index in [4.69, 9.17) is 10.8 Å². The van der Waals surface area contributed by atoms with E-state index in [-0.39, 0.29) is 30.2 Å². The van der Waals surface area contributed by atoms with Gasteiger partial charge in [0.05, 0.1) is 5.92 Å². The highest BCUT2D eigenvalue weighted by Gasteiger charge is 2.26. The first kappa shape index (κ1) is 15.9. The molecule has 5 heteroatoms. The van der Waals surface area contributed by atoms with Crippen LogP contribution in [-0.4, -0.2) is 29.6 Å². The van der Waals surface area contributed by atoms with Gasteiger partial charge in [-0.3, -0.25) is 4.79 Å². The van der Waals surface area contributed by atoms with Crippen LogP contribution in [0.5, 0.6) is 0 Å². The molecule has 2 unspecified atom stereocenters. The molecule has 0 spiro atoms. The number of carboxylic acids is 1. The first-order valence-corrected chi connectivity index (χ1v) is 6.02. The number of carbonyl (C=O) groups excluding carboxylic acids is 1. The molecule has 17 heavy (non-hydrogen) atoms. The molecular formula is C12H24N2O3. The van der Waals surface area contributed by atoms with E-state index in [1.807, 2.05) is 27.7 Å². The van der Waals surface area contributed by atoms with Crippen LogP contribution in [0.4, 0.5) is 0 Å². The lowest BCUT2D eigenvalue weighted by atomic mass is 9.94. The third-order valence-electron chi connectivity index (χ3n) is 2.72. The van der Waals surface area contributed by atoms with Crippen LogP contribution in [0.1, 0.15) is 34.1 Å². The van der Waals surface area contributed by atoms with Gasteiger partial charge in [-0.15, -0.1) is 0 Å². The molecule has 0 aromatic heterocycles. The molecule has 0 bridgehead atoms. The summed E-state index contributed by atoms with van der Waals surface area (Å²) >= 11 is 0. The zero-order chi connectivity index (χ0) is 13.6. The van der Waals surface area contributed by atoms with Gasteiger partial charge < -0.3 is 16.2 Å². The Morgan fingerprint density at radius 2 is 1.76 bits per heavy atom. The smallest absolute Gasteiger partial charge is 0.326 e. The maximum Gasteiger partial charge on any atom is 0.326 e. The van der Waals surface area contributed by atoms with Crippen LogP contribution in [0, 0.1) is 17.8 Å². The van der Waals surface area contributed by atoms with Crippen LogP contribution in [0.3, 0.4) is 0 Å². The van der Waals surface area contributed by atoms with Gasteiger partial charge in [0.15, 0.2) is 0 Å². The van der Waals surface area contributed by atoms with Gasteiger partial charge in [0.25, 0.3) is 0 Å². The summed E-state index contributed by atoms with van der Waals surface area (Å²) in [6.45, 7) is 7.87. The van der Waals surface area contributed by atoms with Gasteiger partial charge in [-0.25, -0.2) is 4.79 Å². The van der Waals surface area contributed by atoms with Gasteiger partial charge in [-0.05, 0) is 18.3 Å². The second kappa shape index (κ2) is 7.27. The molecule has 0 aliphatic carbocycles. The molecule has 0 saturated carbocycles. The van der Waals surface area contributed by atoms with Crippen molar-refractivity contribution in [3.05, 3.63) is 0 Å². The minimum absolute atomic E-state index is 0.105. The number of hydrogen-bond donors (Lipinski definition) is 3. The van der Waals surface area contributed by atoms with E-state index in [0.29, 0.717) is 6.42 Å². The van der Waals surface area contributed by atoms with Crippen molar-refractivity contribution in [3.63, 3.8) is 0 Å². The summed E-state index contributed by atoms with van der Waals surface area (Å²) < 4.78 is 0. The van der Waals surface area contributed by atoms with Gasteiger partial charge in [0.2, 0.25) is 5.91 Å². The Hall–Kier alpha value is -1.10. The molecule has 0 aromatic rings. The van der Waals surface area contributed by atoms with Crippen LogP contribution >= 0.6 is 0 Å². The number of rotatable bonds is 7. The molecule has 0 radical (unpaired) electrons. The highest BCUT2D eigenvalue weighted by molar-refractivity contribution is 5.85. The lowest BCUT2D eigenvalue weighted by Gasteiger charge is -2.22. The zero-order valence-electron chi connectivity index (χ0n) is 11.1. The molecule has 0 aliphatic rings. The molecule has 2 atom stereocenters. The predicted octanol–water partition coefficient (Wildman–Crippen LogP) is 0.833. The third kappa shape index (κ3) is 5.68. The predicted molar refractivity (Wildman–Crippen MR) is 66.4 cm³/mol. The maximum absolute atomic E-state index is 11.9. The molecule has 0 heterocycles. The van der Waals surface area contributed by atoms with Crippen molar-refractivity contribution in [2.24, 2.45) is 23.5 Å². The summed E-state index contributed by atoms with van der Waals surface area (Å²) in [4.78, 5) is 22.9. The number of nitrogens with two attached hydrogens (primary N) is 1. The largest absolute Gasteiger partial charge is 0.480 e. The summed E-state index contributed by atoms with van der Waals surface area (Å²) in [5.41, 5.74) is 5.52. The minimum atomic E-state index is -0.994. The van der Waals surface area contributed by atoms with Crippen LogP contribution in [0.2, 0.25) is 0 Å². The van der Waals surface area contributed by atoms with E-state index in [1.165, 1.54) is 0 Å². The third-order valence-corrected chi connectivity index (χ3v) is 2.72. The Morgan fingerprint density at radius 1 is 1.24 bits per heavy atom. The Labute approximate surface area is 103 Å². The first-order chi connectivity index (χ1) is 7.79. The Balaban J connectivity index is 4.54. The number of amides is 1. The topological polar surface area (TPSA) is 92.4 Å². The fraction of sp³-hybridized carbons (Fsp3) is 0.833. The van der Waals surface area contributed by atoms with Crippen molar-refractivity contribution in [1.29, 1.82) is 0 Å². The average Bonchev–Trinajstić information content (AvgIpc) is 2.15. The van der Waals surface area contributed by atoms with Crippen LogP contribution in [-0.2, 0) is 9.59 Å².